The lowest BCUT2D eigenvalue weighted by Crippen LogP contribution is -2.09. The SMILES string of the molecule is c1ccc(-c2ccc(N(c3ccc(-c4ccccc4Oc4cc(-c5nc6ccccc6o5)cc5ccccc45)cc3)c3ccc4ccccc4c3)cc2)cc1. The van der Waals surface area contributed by atoms with Gasteiger partial charge in [-0.2, -0.15) is 0 Å². The quantitative estimate of drug-likeness (QED) is 0.158. The van der Waals surface area contributed by atoms with E-state index >= 15 is 0 Å². The van der Waals surface area contributed by atoms with Gasteiger partial charge in [0.05, 0.1) is 0 Å². The van der Waals surface area contributed by atoms with Gasteiger partial charge < -0.3 is 14.1 Å². The fourth-order valence-corrected chi connectivity index (χ4v) is 7.38. The van der Waals surface area contributed by atoms with Gasteiger partial charge in [0.25, 0.3) is 0 Å². The third-order valence-corrected chi connectivity index (χ3v) is 10.1. The Morgan fingerprint density at radius 2 is 1.02 bits per heavy atom. The molecule has 1 aromatic heterocycles. The zero-order chi connectivity index (χ0) is 36.6. The average molecular weight is 707 g/mol. The number of anilines is 3. The monoisotopic (exact) mass is 706 g/mol. The molecule has 0 saturated heterocycles. The highest BCUT2D eigenvalue weighted by atomic mass is 16.5. The number of benzene rings is 9. The molecule has 0 bridgehead atoms. The number of ether oxygens (including phenoxy) is 1. The standard InChI is InChI=1S/C51H34N2O2/c1-2-12-35(13-3-1)37-22-27-42(28-23-37)53(44-31-24-36-14-4-5-15-39(36)33-44)43-29-25-38(26-30-43)45-17-8-10-20-48(45)54-50-34-41(32-40-16-6-7-18-46(40)50)51-52-47-19-9-11-21-49(47)55-51/h1-34H. The van der Waals surface area contributed by atoms with Crippen LogP contribution in [0.15, 0.2) is 211 Å². The second-order valence-corrected chi connectivity index (χ2v) is 13.6. The minimum atomic E-state index is 0.561. The van der Waals surface area contributed by atoms with Crippen LogP contribution in [0.4, 0.5) is 17.1 Å². The molecule has 0 unspecified atom stereocenters. The Bertz CT molecular complexity index is 2920. The van der Waals surface area contributed by atoms with Gasteiger partial charge in [-0.05, 0) is 99.6 Å². The fourth-order valence-electron chi connectivity index (χ4n) is 7.38. The van der Waals surface area contributed by atoms with Gasteiger partial charge in [0, 0.05) is 33.6 Å². The van der Waals surface area contributed by atoms with Gasteiger partial charge in [0.2, 0.25) is 5.89 Å². The van der Waals surface area contributed by atoms with Crippen molar-refractivity contribution in [2.75, 3.05) is 4.90 Å². The average Bonchev–Trinajstić information content (AvgIpc) is 3.70. The molecular weight excluding hydrogens is 673 g/mol. The zero-order valence-electron chi connectivity index (χ0n) is 29.8. The highest BCUT2D eigenvalue weighted by molar-refractivity contribution is 5.93. The summed E-state index contributed by atoms with van der Waals surface area (Å²) in [4.78, 5) is 7.09. The summed E-state index contributed by atoms with van der Waals surface area (Å²) < 4.78 is 13.0. The van der Waals surface area contributed by atoms with Gasteiger partial charge >= 0.3 is 0 Å². The van der Waals surface area contributed by atoms with E-state index in [9.17, 15) is 0 Å². The second kappa shape index (κ2) is 13.8. The predicted molar refractivity (Wildman–Crippen MR) is 227 cm³/mol. The van der Waals surface area contributed by atoms with Crippen LogP contribution in [0.1, 0.15) is 0 Å². The third kappa shape index (κ3) is 6.26. The summed E-state index contributed by atoms with van der Waals surface area (Å²) in [5.74, 6) is 2.06. The maximum atomic E-state index is 6.84. The van der Waals surface area contributed by atoms with Gasteiger partial charge in [0.15, 0.2) is 5.58 Å². The van der Waals surface area contributed by atoms with Gasteiger partial charge in [-0.3, -0.25) is 0 Å². The molecule has 0 radical (unpaired) electrons. The van der Waals surface area contributed by atoms with E-state index in [1.165, 1.54) is 21.9 Å². The lowest BCUT2D eigenvalue weighted by molar-refractivity contribution is 0.490. The van der Waals surface area contributed by atoms with Crippen molar-refractivity contribution in [2.24, 2.45) is 0 Å². The van der Waals surface area contributed by atoms with Crippen molar-refractivity contribution in [1.82, 2.24) is 4.98 Å². The van der Waals surface area contributed by atoms with Gasteiger partial charge in [-0.1, -0.05) is 140 Å². The number of aromatic nitrogens is 1. The minimum absolute atomic E-state index is 0.561. The lowest BCUT2D eigenvalue weighted by Gasteiger charge is -2.26. The van der Waals surface area contributed by atoms with Crippen molar-refractivity contribution in [3.63, 3.8) is 0 Å². The third-order valence-electron chi connectivity index (χ3n) is 10.1. The molecule has 0 N–H and O–H groups in total. The molecule has 0 fully saturated rings. The van der Waals surface area contributed by atoms with Crippen molar-refractivity contribution in [3.8, 4) is 45.2 Å². The Hall–Kier alpha value is -7.43. The number of rotatable bonds is 8. The summed E-state index contributed by atoms with van der Waals surface area (Å²) in [6.45, 7) is 0. The summed E-state index contributed by atoms with van der Waals surface area (Å²) in [7, 11) is 0. The first kappa shape index (κ1) is 32.2. The fraction of sp³-hybridized carbons (Fsp3) is 0. The number of para-hydroxylation sites is 3. The van der Waals surface area contributed by atoms with E-state index in [4.69, 9.17) is 14.1 Å². The molecule has 1 heterocycles. The zero-order valence-corrected chi connectivity index (χ0v) is 29.8. The van der Waals surface area contributed by atoms with Gasteiger partial charge in [0.1, 0.15) is 17.0 Å². The number of nitrogens with zero attached hydrogens (tertiary/aromatic N) is 2. The predicted octanol–water partition coefficient (Wildman–Crippen LogP) is 14.4. The Kier molecular flexibility index (Phi) is 8.12. The molecule has 9 aromatic carbocycles. The Labute approximate surface area is 319 Å². The van der Waals surface area contributed by atoms with Crippen LogP contribution in [0, 0.1) is 0 Å². The van der Waals surface area contributed by atoms with E-state index in [2.05, 4.69) is 157 Å². The van der Waals surface area contributed by atoms with E-state index in [-0.39, 0.29) is 0 Å². The molecular formula is C51H34N2O2. The molecule has 0 saturated carbocycles. The van der Waals surface area contributed by atoms with Crippen LogP contribution in [0.25, 0.3) is 66.4 Å². The largest absolute Gasteiger partial charge is 0.456 e. The molecule has 55 heavy (non-hydrogen) atoms. The van der Waals surface area contributed by atoms with Crippen molar-refractivity contribution in [1.29, 1.82) is 0 Å². The first-order valence-corrected chi connectivity index (χ1v) is 18.4. The maximum absolute atomic E-state index is 6.84. The lowest BCUT2D eigenvalue weighted by atomic mass is 10.0. The molecule has 4 nitrogen and oxygen atoms in total. The molecule has 0 aliphatic heterocycles. The topological polar surface area (TPSA) is 38.5 Å². The first-order valence-electron chi connectivity index (χ1n) is 18.4. The summed E-state index contributed by atoms with van der Waals surface area (Å²) in [6, 6.07) is 71.6. The van der Waals surface area contributed by atoms with Crippen LogP contribution in [0.2, 0.25) is 0 Å². The molecule has 10 aromatic rings. The van der Waals surface area contributed by atoms with Crippen LogP contribution in [0.3, 0.4) is 0 Å². The number of oxazole rings is 1. The van der Waals surface area contributed by atoms with Crippen LogP contribution in [-0.2, 0) is 0 Å². The van der Waals surface area contributed by atoms with E-state index in [1.54, 1.807) is 0 Å². The Morgan fingerprint density at radius 3 is 1.82 bits per heavy atom. The number of fused-ring (bicyclic) bond motifs is 3. The smallest absolute Gasteiger partial charge is 0.227 e. The molecule has 0 aliphatic rings. The Balaban J connectivity index is 1.02. The first-order chi connectivity index (χ1) is 27.2. The van der Waals surface area contributed by atoms with E-state index in [0.717, 1.165) is 67.1 Å². The van der Waals surface area contributed by atoms with Crippen molar-refractivity contribution < 1.29 is 9.15 Å². The van der Waals surface area contributed by atoms with Crippen molar-refractivity contribution in [2.45, 2.75) is 0 Å². The van der Waals surface area contributed by atoms with Crippen molar-refractivity contribution in [3.05, 3.63) is 206 Å². The molecule has 260 valence electrons. The molecule has 4 heteroatoms. The van der Waals surface area contributed by atoms with Crippen LogP contribution in [-0.4, -0.2) is 4.98 Å². The summed E-state index contributed by atoms with van der Waals surface area (Å²) in [6.07, 6.45) is 0. The highest BCUT2D eigenvalue weighted by Crippen LogP contribution is 2.42. The second-order valence-electron chi connectivity index (χ2n) is 13.6. The van der Waals surface area contributed by atoms with Gasteiger partial charge in [-0.15, -0.1) is 0 Å². The van der Waals surface area contributed by atoms with Gasteiger partial charge in [-0.25, -0.2) is 4.98 Å². The molecule has 10 rings (SSSR count). The molecule has 0 spiro atoms. The normalized spacial score (nSPS) is 11.3. The molecule has 0 amide bonds. The summed E-state index contributed by atoms with van der Waals surface area (Å²) >= 11 is 0. The van der Waals surface area contributed by atoms with E-state index in [0.29, 0.717) is 5.89 Å². The van der Waals surface area contributed by atoms with Crippen LogP contribution < -0.4 is 9.64 Å². The highest BCUT2D eigenvalue weighted by Gasteiger charge is 2.17. The van der Waals surface area contributed by atoms with Crippen molar-refractivity contribution >= 4 is 49.7 Å². The summed E-state index contributed by atoms with van der Waals surface area (Å²) in [5.41, 5.74) is 10.1. The van der Waals surface area contributed by atoms with Crippen LogP contribution in [0.5, 0.6) is 11.5 Å². The number of hydrogen-bond acceptors (Lipinski definition) is 4. The van der Waals surface area contributed by atoms with E-state index < -0.39 is 0 Å². The molecule has 0 atom stereocenters. The molecule has 0 aliphatic carbocycles. The number of hydrogen-bond donors (Lipinski definition) is 0. The minimum Gasteiger partial charge on any atom is -0.456 e. The Morgan fingerprint density at radius 1 is 0.400 bits per heavy atom. The summed E-state index contributed by atoms with van der Waals surface area (Å²) in [5, 5.41) is 4.47. The van der Waals surface area contributed by atoms with E-state index in [1.807, 2.05) is 54.6 Å². The van der Waals surface area contributed by atoms with Crippen LogP contribution >= 0.6 is 0 Å². The maximum Gasteiger partial charge on any atom is 0.227 e.